The molecule has 4 N–H and O–H groups in total. The van der Waals surface area contributed by atoms with Crippen LogP contribution in [-0.4, -0.2) is 85.9 Å². The molecule has 2 heterocycles. The number of amides is 4. The van der Waals surface area contributed by atoms with E-state index in [2.05, 4.69) is 20.9 Å². The molecule has 0 fully saturated rings. The van der Waals surface area contributed by atoms with E-state index in [1.807, 2.05) is 0 Å². The second-order valence-corrected chi connectivity index (χ2v) is 18.3. The van der Waals surface area contributed by atoms with Gasteiger partial charge in [0.25, 0.3) is 23.0 Å². The highest BCUT2D eigenvalue weighted by atomic mass is 35.5. The monoisotopic (exact) mass is 1180 g/mol. The van der Waals surface area contributed by atoms with Crippen molar-refractivity contribution in [3.63, 3.8) is 0 Å². The molecule has 2 atom stereocenters. The number of carbonyl (C=O) groups is 4. The second-order valence-electron chi connectivity index (χ2n) is 17.0. The van der Waals surface area contributed by atoms with E-state index in [9.17, 15) is 85.0 Å². The van der Waals surface area contributed by atoms with Crippen LogP contribution >= 0.6 is 34.8 Å². The van der Waals surface area contributed by atoms with Crippen LogP contribution < -0.4 is 21.3 Å². The first-order chi connectivity index (χ1) is 36.0. The van der Waals surface area contributed by atoms with Crippen LogP contribution in [0, 0.1) is 6.92 Å². The van der Waals surface area contributed by atoms with Gasteiger partial charge in [-0.15, -0.1) is 0 Å². The zero-order valence-electron chi connectivity index (χ0n) is 39.1. The number of oxime groups is 2. The molecule has 418 valence electrons. The molecule has 0 bridgehead atoms. The Hall–Kier alpha value is -7.00. The molecule has 0 spiro atoms. The second kappa shape index (κ2) is 22.8. The topological polar surface area (TPSA) is 160 Å². The first-order valence-electron chi connectivity index (χ1n) is 21.9. The molecule has 2 unspecified atom stereocenters. The van der Waals surface area contributed by atoms with Crippen LogP contribution in [0.2, 0.25) is 15.1 Å². The molecule has 0 saturated heterocycles. The summed E-state index contributed by atoms with van der Waals surface area (Å²) in [6.07, 6.45) is -26.1. The number of halogens is 18. The summed E-state index contributed by atoms with van der Waals surface area (Å²) in [6.45, 7) is -3.14. The summed E-state index contributed by atoms with van der Waals surface area (Å²) in [4.78, 5) is 58.0. The van der Waals surface area contributed by atoms with Crippen molar-refractivity contribution >= 4 is 80.6 Å². The van der Waals surface area contributed by atoms with Crippen LogP contribution in [0.15, 0.2) is 101 Å². The minimum absolute atomic E-state index is 0.0172. The normalized spacial score (nSPS) is 17.7. The Labute approximate surface area is 444 Å². The summed E-state index contributed by atoms with van der Waals surface area (Å²) in [5, 5.41) is 14.5. The van der Waals surface area contributed by atoms with Gasteiger partial charge in [-0.1, -0.05) is 81.5 Å². The van der Waals surface area contributed by atoms with E-state index >= 15 is 0 Å². The SMILES string of the molecule is Cc1cc(C2=NOC(c3cc(Cl)cc(Cl)c3)(C(F)(F)F)C2)ccc1C(=O)NCC(=O)NCC(F)(F)F.O=C(CNC(=O)c1ccc(C2=NOC(c3cc(Cl)cc(C(F)(F)F)c3)(C(F)(F)F)C2)c2ccccc12)NCC(F)(F)F. The molecular weight excluding hydrogens is 1150 g/mol. The Morgan fingerprint density at radius 2 is 0.987 bits per heavy atom. The minimum Gasteiger partial charge on any atom is -0.374 e. The largest absolute Gasteiger partial charge is 0.435 e. The summed E-state index contributed by atoms with van der Waals surface area (Å²) in [7, 11) is 0. The number of nitrogens with zero attached hydrogens (tertiary/aromatic N) is 2. The lowest BCUT2D eigenvalue weighted by Crippen LogP contribution is -2.43. The molecule has 2 aliphatic heterocycles. The van der Waals surface area contributed by atoms with Gasteiger partial charge in [0.1, 0.15) is 13.1 Å². The number of hydrogen-bond donors (Lipinski definition) is 4. The summed E-state index contributed by atoms with van der Waals surface area (Å²) in [5.41, 5.74) is -8.53. The average molecular weight is 1180 g/mol. The first-order valence-corrected chi connectivity index (χ1v) is 23.0. The predicted molar refractivity (Wildman–Crippen MR) is 251 cm³/mol. The van der Waals surface area contributed by atoms with Gasteiger partial charge in [-0.3, -0.25) is 19.2 Å². The third kappa shape index (κ3) is 14.2. The van der Waals surface area contributed by atoms with Crippen molar-refractivity contribution in [2.75, 3.05) is 26.2 Å². The Morgan fingerprint density at radius 3 is 1.47 bits per heavy atom. The molecule has 0 saturated carbocycles. The molecule has 4 amide bonds. The molecule has 0 aromatic heterocycles. The highest BCUT2D eigenvalue weighted by Gasteiger charge is 2.64. The highest BCUT2D eigenvalue weighted by Crippen LogP contribution is 2.52. The average Bonchev–Trinajstić information content (AvgIpc) is 4.19. The number of rotatable bonds is 12. The zero-order chi connectivity index (χ0) is 58.0. The van der Waals surface area contributed by atoms with E-state index < -0.39 is 121 Å². The lowest BCUT2D eigenvalue weighted by Gasteiger charge is -2.30. The van der Waals surface area contributed by atoms with E-state index in [0.29, 0.717) is 17.7 Å². The summed E-state index contributed by atoms with van der Waals surface area (Å²) in [5.74, 6) is -3.79. The quantitative estimate of drug-likeness (QED) is 0.0910. The van der Waals surface area contributed by atoms with E-state index in [1.165, 1.54) is 67.6 Å². The van der Waals surface area contributed by atoms with Gasteiger partial charge >= 0.3 is 30.9 Å². The van der Waals surface area contributed by atoms with E-state index in [-0.39, 0.29) is 66.1 Å². The molecule has 30 heteroatoms. The van der Waals surface area contributed by atoms with Crippen LogP contribution in [0.1, 0.15) is 66.9 Å². The molecule has 0 radical (unpaired) electrons. The van der Waals surface area contributed by atoms with Gasteiger partial charge in [-0.25, -0.2) is 0 Å². The molecule has 78 heavy (non-hydrogen) atoms. The number of carbonyl (C=O) groups excluding carboxylic acids is 4. The summed E-state index contributed by atoms with van der Waals surface area (Å²) >= 11 is 17.5. The van der Waals surface area contributed by atoms with Gasteiger partial charge in [0.2, 0.25) is 11.8 Å². The van der Waals surface area contributed by atoms with Crippen LogP contribution in [0.5, 0.6) is 0 Å². The fourth-order valence-corrected chi connectivity index (χ4v) is 8.52. The van der Waals surface area contributed by atoms with Crippen molar-refractivity contribution in [1.82, 2.24) is 21.3 Å². The van der Waals surface area contributed by atoms with Crippen molar-refractivity contribution in [3.05, 3.63) is 151 Å². The van der Waals surface area contributed by atoms with Gasteiger partial charge in [0.05, 0.1) is 30.1 Å². The van der Waals surface area contributed by atoms with Gasteiger partial charge < -0.3 is 30.9 Å². The summed E-state index contributed by atoms with van der Waals surface area (Å²) < 4.78 is 199. The maximum atomic E-state index is 14.4. The van der Waals surface area contributed by atoms with Crippen molar-refractivity contribution in [2.24, 2.45) is 10.3 Å². The van der Waals surface area contributed by atoms with Crippen molar-refractivity contribution in [2.45, 2.75) is 61.8 Å². The number of benzene rings is 5. The Kier molecular flexibility index (Phi) is 17.6. The van der Waals surface area contributed by atoms with Gasteiger partial charge in [-0.05, 0) is 83.4 Å². The Balaban J connectivity index is 0.000000255. The first kappa shape index (κ1) is 60.2. The standard InChI is InChI=1S/C26H17ClF9N3O3.C22H17Cl2F6N3O3/c27-15-8-13(7-14(9-15)25(31,32)33)23(26(34,35)36)10-20(39-42-23)18-5-6-19(17-4-2-1-3-16(17)18)22(41)37-11-21(40)38-12-24(28,29)30;1-11-4-12(2-3-16(11)19(35)31-9-18(34)32-10-21(25,26)27)17-8-20(36-33-17,22(28,29)30)13-5-14(23)7-15(24)6-13/h1-9H,10-12H2,(H,37,41)(H,38,40);2-7H,8-10H2,1H3,(H,31,35)(H,32,34). The van der Waals surface area contributed by atoms with Crippen molar-refractivity contribution < 1.29 is 94.7 Å². The van der Waals surface area contributed by atoms with Crippen LogP contribution in [0.3, 0.4) is 0 Å². The molecule has 7 rings (SSSR count). The smallest absolute Gasteiger partial charge is 0.374 e. The Morgan fingerprint density at radius 1 is 0.538 bits per heavy atom. The summed E-state index contributed by atoms with van der Waals surface area (Å²) in [6, 6.07) is 17.2. The van der Waals surface area contributed by atoms with Crippen LogP contribution in [0.4, 0.5) is 65.9 Å². The maximum absolute atomic E-state index is 14.4. The lowest BCUT2D eigenvalue weighted by molar-refractivity contribution is -0.276. The lowest BCUT2D eigenvalue weighted by atomic mass is 9.84. The molecule has 5 aromatic carbocycles. The van der Waals surface area contributed by atoms with Gasteiger partial charge in [0.15, 0.2) is 0 Å². The molecular formula is C48H34Cl3F15N6O6. The molecule has 2 aliphatic rings. The third-order valence-corrected chi connectivity index (χ3v) is 12.1. The number of fused-ring (bicyclic) bond motifs is 1. The van der Waals surface area contributed by atoms with Crippen molar-refractivity contribution in [3.8, 4) is 0 Å². The van der Waals surface area contributed by atoms with E-state index in [4.69, 9.17) is 44.5 Å². The fourth-order valence-electron chi connectivity index (χ4n) is 7.76. The van der Waals surface area contributed by atoms with Crippen LogP contribution in [0.25, 0.3) is 10.8 Å². The highest BCUT2D eigenvalue weighted by molar-refractivity contribution is 6.34. The maximum Gasteiger partial charge on any atom is 0.435 e. The van der Waals surface area contributed by atoms with Crippen molar-refractivity contribution in [1.29, 1.82) is 0 Å². The fraction of sp³-hybridized carbons (Fsp3) is 0.292. The molecule has 12 nitrogen and oxygen atoms in total. The van der Waals surface area contributed by atoms with E-state index in [1.54, 1.807) is 10.6 Å². The molecule has 5 aromatic rings. The van der Waals surface area contributed by atoms with E-state index in [0.717, 1.165) is 12.1 Å². The number of hydrogen-bond acceptors (Lipinski definition) is 8. The predicted octanol–water partition coefficient (Wildman–Crippen LogP) is 11.8. The number of alkyl halides is 15. The minimum atomic E-state index is -5.24. The third-order valence-electron chi connectivity index (χ3n) is 11.5. The molecule has 0 aliphatic carbocycles. The number of nitrogens with one attached hydrogen (secondary N) is 4. The zero-order valence-corrected chi connectivity index (χ0v) is 41.3. The van der Waals surface area contributed by atoms with Crippen LogP contribution in [-0.2, 0) is 36.6 Å². The van der Waals surface area contributed by atoms with Gasteiger partial charge in [0, 0.05) is 55.7 Å². The van der Waals surface area contributed by atoms with Gasteiger partial charge in [-0.2, -0.15) is 65.9 Å². The number of aryl methyl sites for hydroxylation is 1. The Bertz CT molecular complexity index is 3180.